The van der Waals surface area contributed by atoms with E-state index in [1.54, 1.807) is 6.07 Å². The fraction of sp³-hybridized carbons (Fsp3) is 0.0588. The maximum absolute atomic E-state index is 10.4. The third-order valence-electron chi connectivity index (χ3n) is 3.44. The van der Waals surface area contributed by atoms with Gasteiger partial charge in [0.05, 0.1) is 15.9 Å². The maximum Gasteiger partial charge on any atom is 0.317 e. The summed E-state index contributed by atoms with van der Waals surface area (Å²) in [6.45, 7) is 1.36. The summed E-state index contributed by atoms with van der Waals surface area (Å²) in [4.78, 5) is 19.1. The molecule has 0 unspecified atom stereocenters. The van der Waals surface area contributed by atoms with Crippen molar-refractivity contribution in [1.29, 1.82) is 0 Å². The lowest BCUT2D eigenvalue weighted by Gasteiger charge is -1.99. The minimum atomic E-state index is -0.866. The van der Waals surface area contributed by atoms with E-state index >= 15 is 0 Å². The molecule has 0 aliphatic carbocycles. The normalized spacial score (nSPS) is 9.96. The summed E-state index contributed by atoms with van der Waals surface area (Å²) >= 11 is 0. The molecule has 0 amide bonds. The molecule has 3 rings (SSSR count). The van der Waals surface area contributed by atoms with E-state index in [0.717, 1.165) is 22.9 Å². The highest BCUT2D eigenvalue weighted by molar-refractivity contribution is 5.87. The number of fused-ring (bicyclic) bond motifs is 1. The molecule has 0 bridgehead atoms. The molecule has 0 heterocycles. The summed E-state index contributed by atoms with van der Waals surface area (Å²) in [6.07, 6.45) is 0. The first-order valence-corrected chi connectivity index (χ1v) is 7.10. The number of hydrogen-bond donors (Lipinski definition) is 2. The topological polar surface area (TPSA) is 127 Å². The molecule has 3 aromatic carbocycles. The number of nitro benzene ring substituents is 2. The van der Waals surface area contributed by atoms with E-state index in [9.17, 15) is 30.4 Å². The van der Waals surface area contributed by atoms with Gasteiger partial charge in [-0.05, 0) is 18.4 Å². The van der Waals surface area contributed by atoms with Crippen LogP contribution in [-0.4, -0.2) is 20.1 Å². The van der Waals surface area contributed by atoms with Gasteiger partial charge in [0, 0.05) is 17.0 Å². The van der Waals surface area contributed by atoms with Crippen LogP contribution in [0.15, 0.2) is 54.6 Å². The molecule has 0 aliphatic heterocycles. The van der Waals surface area contributed by atoms with Crippen LogP contribution >= 0.6 is 0 Å². The maximum atomic E-state index is 10.4. The number of phenolic OH excluding ortho intramolecular Hbond substituents is 2. The molecule has 2 N–H and O–H groups in total. The van der Waals surface area contributed by atoms with Crippen molar-refractivity contribution in [2.45, 2.75) is 6.92 Å². The molecule has 0 spiro atoms. The fourth-order valence-corrected chi connectivity index (χ4v) is 2.20. The number of non-ortho nitro benzene ring substituents is 1. The van der Waals surface area contributed by atoms with Crippen molar-refractivity contribution in [2.75, 3.05) is 0 Å². The highest BCUT2D eigenvalue weighted by Gasteiger charge is 2.21. The van der Waals surface area contributed by atoms with Crippen molar-refractivity contribution in [1.82, 2.24) is 0 Å². The Hall–Kier alpha value is -3.68. The standard InChI is InChI=1S/C10H8O.C7H6N2O5/c11-10-7-3-5-8-4-1-2-6-9(8)10;1-4-2-5(8(11)12)3-6(7(4)10)9(13)14/h1-7,11H;2-3,10H,1H3. The van der Waals surface area contributed by atoms with Crippen molar-refractivity contribution in [3.8, 4) is 11.5 Å². The first-order chi connectivity index (χ1) is 11.8. The fourth-order valence-electron chi connectivity index (χ4n) is 2.20. The molecule has 0 atom stereocenters. The minimum absolute atomic E-state index is 0.103. The van der Waals surface area contributed by atoms with Gasteiger partial charge in [-0.3, -0.25) is 20.2 Å². The molecule has 0 aliphatic rings. The molecule has 3 aromatic rings. The summed E-state index contributed by atoms with van der Waals surface area (Å²) in [5.41, 5.74) is -0.963. The van der Waals surface area contributed by atoms with Crippen LogP contribution in [0, 0.1) is 27.2 Å². The van der Waals surface area contributed by atoms with Crippen molar-refractivity contribution in [3.63, 3.8) is 0 Å². The van der Waals surface area contributed by atoms with Gasteiger partial charge in [0.2, 0.25) is 0 Å². The molecular weight excluding hydrogens is 328 g/mol. The number of hydrogen-bond acceptors (Lipinski definition) is 6. The zero-order chi connectivity index (χ0) is 18.6. The number of benzene rings is 3. The van der Waals surface area contributed by atoms with E-state index < -0.39 is 27.0 Å². The molecule has 0 saturated heterocycles. The molecule has 25 heavy (non-hydrogen) atoms. The number of phenols is 2. The third kappa shape index (κ3) is 3.99. The van der Waals surface area contributed by atoms with Gasteiger partial charge >= 0.3 is 5.69 Å². The Morgan fingerprint density at radius 3 is 2.12 bits per heavy atom. The number of aromatic hydroxyl groups is 2. The lowest BCUT2D eigenvalue weighted by molar-refractivity contribution is -0.394. The van der Waals surface area contributed by atoms with Gasteiger partial charge in [-0.25, -0.2) is 0 Å². The molecule has 0 radical (unpaired) electrons. The minimum Gasteiger partial charge on any atom is -0.507 e. The van der Waals surface area contributed by atoms with E-state index in [1.807, 2.05) is 36.4 Å². The van der Waals surface area contributed by atoms with Gasteiger partial charge in [0.15, 0.2) is 5.75 Å². The number of nitrogens with zero attached hydrogens (tertiary/aromatic N) is 2. The second-order valence-electron chi connectivity index (χ2n) is 5.14. The molecule has 128 valence electrons. The van der Waals surface area contributed by atoms with Crippen molar-refractivity contribution in [2.24, 2.45) is 0 Å². The molecule has 8 nitrogen and oxygen atoms in total. The quantitative estimate of drug-likeness (QED) is 0.534. The highest BCUT2D eigenvalue weighted by atomic mass is 16.6. The van der Waals surface area contributed by atoms with Crippen LogP contribution in [0.5, 0.6) is 11.5 Å². The summed E-state index contributed by atoms with van der Waals surface area (Å²) in [6, 6.07) is 15.1. The van der Waals surface area contributed by atoms with Crippen LogP contribution in [0.25, 0.3) is 10.8 Å². The van der Waals surface area contributed by atoms with E-state index in [1.165, 1.54) is 6.92 Å². The number of aryl methyl sites for hydroxylation is 1. The zero-order valence-corrected chi connectivity index (χ0v) is 13.1. The van der Waals surface area contributed by atoms with Crippen LogP contribution in [0.4, 0.5) is 11.4 Å². The Kier molecular flexibility index (Phi) is 5.13. The lowest BCUT2D eigenvalue weighted by atomic mass is 10.1. The van der Waals surface area contributed by atoms with Gasteiger partial charge in [0.1, 0.15) is 5.75 Å². The average Bonchev–Trinajstić information content (AvgIpc) is 2.58. The number of rotatable bonds is 2. The van der Waals surface area contributed by atoms with Crippen LogP contribution in [-0.2, 0) is 0 Å². The second-order valence-corrected chi connectivity index (χ2v) is 5.14. The van der Waals surface area contributed by atoms with Crippen LogP contribution in [0.1, 0.15) is 5.56 Å². The molecule has 0 saturated carbocycles. The van der Waals surface area contributed by atoms with Gasteiger partial charge in [-0.15, -0.1) is 0 Å². The monoisotopic (exact) mass is 342 g/mol. The molecular formula is C17H14N2O6. The Bertz CT molecular complexity index is 950. The smallest absolute Gasteiger partial charge is 0.317 e. The Morgan fingerprint density at radius 2 is 1.52 bits per heavy atom. The van der Waals surface area contributed by atoms with Crippen molar-refractivity contribution >= 4 is 22.1 Å². The van der Waals surface area contributed by atoms with E-state index in [0.29, 0.717) is 5.75 Å². The largest absolute Gasteiger partial charge is 0.507 e. The Balaban J connectivity index is 0.000000185. The van der Waals surface area contributed by atoms with E-state index in [-0.39, 0.29) is 5.56 Å². The van der Waals surface area contributed by atoms with Gasteiger partial charge in [0.25, 0.3) is 5.69 Å². The Morgan fingerprint density at radius 1 is 0.880 bits per heavy atom. The number of nitro groups is 2. The third-order valence-corrected chi connectivity index (χ3v) is 3.44. The second kappa shape index (κ2) is 7.26. The average molecular weight is 342 g/mol. The highest BCUT2D eigenvalue weighted by Crippen LogP contribution is 2.33. The van der Waals surface area contributed by atoms with Crippen LogP contribution in [0.2, 0.25) is 0 Å². The van der Waals surface area contributed by atoms with E-state index in [2.05, 4.69) is 0 Å². The summed E-state index contributed by atoms with van der Waals surface area (Å²) in [7, 11) is 0. The Labute approximate surface area is 141 Å². The first kappa shape index (κ1) is 17.7. The van der Waals surface area contributed by atoms with E-state index in [4.69, 9.17) is 0 Å². The van der Waals surface area contributed by atoms with Gasteiger partial charge in [-0.1, -0.05) is 36.4 Å². The van der Waals surface area contributed by atoms with Crippen molar-refractivity contribution < 1.29 is 20.1 Å². The van der Waals surface area contributed by atoms with Crippen LogP contribution < -0.4 is 0 Å². The molecule has 0 aromatic heterocycles. The van der Waals surface area contributed by atoms with Crippen molar-refractivity contribution in [3.05, 3.63) is 80.4 Å². The molecule has 0 fully saturated rings. The first-order valence-electron chi connectivity index (χ1n) is 7.10. The van der Waals surface area contributed by atoms with Gasteiger partial charge in [-0.2, -0.15) is 0 Å². The van der Waals surface area contributed by atoms with Gasteiger partial charge < -0.3 is 10.2 Å². The molecule has 8 heteroatoms. The zero-order valence-electron chi connectivity index (χ0n) is 13.1. The summed E-state index contributed by atoms with van der Waals surface area (Å²) in [5.74, 6) is -0.191. The van der Waals surface area contributed by atoms with Crippen LogP contribution in [0.3, 0.4) is 0 Å². The summed E-state index contributed by atoms with van der Waals surface area (Å²) in [5, 5.41) is 41.3. The SMILES string of the molecule is Cc1cc([N+](=O)[O-])cc([N+](=O)[O-])c1O.Oc1cccc2ccccc12. The lowest BCUT2D eigenvalue weighted by Crippen LogP contribution is -1.94. The summed E-state index contributed by atoms with van der Waals surface area (Å²) < 4.78 is 0. The predicted molar refractivity (Wildman–Crippen MR) is 91.8 cm³/mol. The predicted octanol–water partition coefficient (Wildman–Crippen LogP) is 4.06.